The van der Waals surface area contributed by atoms with Crippen molar-refractivity contribution in [2.45, 2.75) is 44.8 Å². The van der Waals surface area contributed by atoms with Gasteiger partial charge in [0.15, 0.2) is 11.5 Å². The smallest absolute Gasteiger partial charge is 0.264 e. The van der Waals surface area contributed by atoms with E-state index in [4.69, 9.17) is 9.47 Å². The van der Waals surface area contributed by atoms with Gasteiger partial charge in [-0.2, -0.15) is 0 Å². The lowest BCUT2D eigenvalue weighted by Crippen LogP contribution is -2.48. The summed E-state index contributed by atoms with van der Waals surface area (Å²) in [4.78, 5) is 12.2. The van der Waals surface area contributed by atoms with Gasteiger partial charge in [-0.25, -0.2) is 0 Å². The minimum atomic E-state index is -0.538. The predicted octanol–water partition coefficient (Wildman–Crippen LogP) is 2.52. The third-order valence-corrected chi connectivity index (χ3v) is 4.16. The molecule has 1 heterocycles. The van der Waals surface area contributed by atoms with E-state index < -0.39 is 6.10 Å². The molecule has 1 atom stereocenters. The summed E-state index contributed by atoms with van der Waals surface area (Å²) in [5.41, 5.74) is 0. The van der Waals surface area contributed by atoms with Crippen LogP contribution in [-0.4, -0.2) is 24.7 Å². The van der Waals surface area contributed by atoms with E-state index in [0.717, 1.165) is 18.8 Å². The van der Waals surface area contributed by atoms with E-state index in [1.165, 1.54) is 12.8 Å². The van der Waals surface area contributed by atoms with Crippen LogP contribution in [0.3, 0.4) is 0 Å². The van der Waals surface area contributed by atoms with Gasteiger partial charge >= 0.3 is 0 Å². The molecule has 2 aliphatic rings. The molecule has 20 heavy (non-hydrogen) atoms. The Hall–Kier alpha value is -1.71. The highest BCUT2D eigenvalue weighted by Crippen LogP contribution is 2.31. The van der Waals surface area contributed by atoms with Gasteiger partial charge in [-0.3, -0.25) is 4.79 Å². The summed E-state index contributed by atoms with van der Waals surface area (Å²) in [6, 6.07) is 7.75. The number of ether oxygens (including phenoxy) is 2. The van der Waals surface area contributed by atoms with Gasteiger partial charge < -0.3 is 14.8 Å². The highest BCUT2D eigenvalue weighted by atomic mass is 16.6. The number of benzene rings is 1. The summed E-state index contributed by atoms with van der Waals surface area (Å²) < 4.78 is 11.3. The predicted molar refractivity (Wildman–Crippen MR) is 75.9 cm³/mol. The topological polar surface area (TPSA) is 47.6 Å². The van der Waals surface area contributed by atoms with Crippen molar-refractivity contribution in [3.63, 3.8) is 0 Å². The molecule has 1 aliphatic heterocycles. The largest absolute Gasteiger partial charge is 0.485 e. The molecule has 0 saturated heterocycles. The fourth-order valence-corrected chi connectivity index (χ4v) is 2.85. The molecule has 1 saturated carbocycles. The minimum Gasteiger partial charge on any atom is -0.485 e. The second-order valence-corrected chi connectivity index (χ2v) is 5.83. The molecule has 0 radical (unpaired) electrons. The van der Waals surface area contributed by atoms with E-state index in [-0.39, 0.29) is 12.5 Å². The second kappa shape index (κ2) is 5.73. The number of carbonyl (C=O) groups excluding carboxylic acids is 1. The molecule has 0 bridgehead atoms. The lowest BCUT2D eigenvalue weighted by atomic mass is 9.87. The van der Waals surface area contributed by atoms with E-state index in [2.05, 4.69) is 12.2 Å². The van der Waals surface area contributed by atoms with Crippen LogP contribution in [0.1, 0.15) is 32.6 Å². The summed E-state index contributed by atoms with van der Waals surface area (Å²) in [6.07, 6.45) is 3.98. The first-order valence-electron chi connectivity index (χ1n) is 7.41. The van der Waals surface area contributed by atoms with Crippen molar-refractivity contribution >= 4 is 5.91 Å². The Morgan fingerprint density at radius 2 is 1.85 bits per heavy atom. The lowest BCUT2D eigenvalue weighted by molar-refractivity contribution is -0.131. The monoisotopic (exact) mass is 275 g/mol. The third kappa shape index (κ3) is 2.89. The Balaban J connectivity index is 1.56. The van der Waals surface area contributed by atoms with E-state index in [0.29, 0.717) is 17.5 Å². The molecule has 108 valence electrons. The normalized spacial score (nSPS) is 28.8. The van der Waals surface area contributed by atoms with Gasteiger partial charge in [0.25, 0.3) is 5.91 Å². The van der Waals surface area contributed by atoms with Gasteiger partial charge in [-0.05, 0) is 43.7 Å². The summed E-state index contributed by atoms with van der Waals surface area (Å²) in [5.74, 6) is 2.09. The molecular weight excluding hydrogens is 254 g/mol. The van der Waals surface area contributed by atoms with Crippen LogP contribution >= 0.6 is 0 Å². The van der Waals surface area contributed by atoms with Crippen LogP contribution in [0.4, 0.5) is 0 Å². The fourth-order valence-electron chi connectivity index (χ4n) is 2.85. The van der Waals surface area contributed by atoms with E-state index in [1.807, 2.05) is 24.3 Å². The summed E-state index contributed by atoms with van der Waals surface area (Å²) in [5, 5.41) is 3.10. The zero-order chi connectivity index (χ0) is 13.9. The first kappa shape index (κ1) is 13.3. The van der Waals surface area contributed by atoms with Gasteiger partial charge in [0.1, 0.15) is 6.61 Å². The van der Waals surface area contributed by atoms with Crippen LogP contribution in [0.2, 0.25) is 0 Å². The fraction of sp³-hybridized carbons (Fsp3) is 0.562. The third-order valence-electron chi connectivity index (χ3n) is 4.16. The van der Waals surface area contributed by atoms with Crippen molar-refractivity contribution in [1.29, 1.82) is 0 Å². The maximum Gasteiger partial charge on any atom is 0.264 e. The van der Waals surface area contributed by atoms with Gasteiger partial charge in [0.05, 0.1) is 0 Å². The van der Waals surface area contributed by atoms with Crippen molar-refractivity contribution in [1.82, 2.24) is 5.32 Å². The van der Waals surface area contributed by atoms with Crippen LogP contribution < -0.4 is 14.8 Å². The summed E-state index contributed by atoms with van der Waals surface area (Å²) in [7, 11) is 0. The number of nitrogens with one attached hydrogen (secondary N) is 1. The zero-order valence-corrected chi connectivity index (χ0v) is 11.8. The first-order chi connectivity index (χ1) is 9.72. The van der Waals surface area contributed by atoms with E-state index >= 15 is 0 Å². The average molecular weight is 275 g/mol. The van der Waals surface area contributed by atoms with Gasteiger partial charge in [0.2, 0.25) is 6.10 Å². The van der Waals surface area contributed by atoms with E-state index in [9.17, 15) is 4.79 Å². The molecule has 1 N–H and O–H groups in total. The molecule has 4 heteroatoms. The quantitative estimate of drug-likeness (QED) is 0.902. The van der Waals surface area contributed by atoms with Crippen molar-refractivity contribution in [2.24, 2.45) is 5.92 Å². The Kier molecular flexibility index (Phi) is 3.81. The highest BCUT2D eigenvalue weighted by Gasteiger charge is 2.29. The molecular formula is C16H21NO3. The number of fused-ring (bicyclic) bond motifs is 1. The van der Waals surface area contributed by atoms with Crippen molar-refractivity contribution in [2.75, 3.05) is 6.61 Å². The van der Waals surface area contributed by atoms with Crippen LogP contribution in [0.5, 0.6) is 11.5 Å². The molecule has 1 aromatic carbocycles. The number of hydrogen-bond acceptors (Lipinski definition) is 3. The number of amides is 1. The molecule has 1 amide bonds. The molecule has 1 fully saturated rings. The Bertz CT molecular complexity index is 480. The Morgan fingerprint density at radius 1 is 1.15 bits per heavy atom. The molecule has 4 nitrogen and oxygen atoms in total. The van der Waals surface area contributed by atoms with Crippen LogP contribution in [0.25, 0.3) is 0 Å². The van der Waals surface area contributed by atoms with Gasteiger partial charge in [-0.1, -0.05) is 19.1 Å². The maximum atomic E-state index is 12.2. The van der Waals surface area contributed by atoms with Crippen molar-refractivity contribution in [3.05, 3.63) is 24.3 Å². The number of hydrogen-bond donors (Lipinski definition) is 1. The zero-order valence-electron chi connectivity index (χ0n) is 11.8. The Labute approximate surface area is 119 Å². The summed E-state index contributed by atoms with van der Waals surface area (Å²) >= 11 is 0. The molecule has 0 aromatic heterocycles. The highest BCUT2D eigenvalue weighted by molar-refractivity contribution is 5.82. The molecule has 0 spiro atoms. The first-order valence-corrected chi connectivity index (χ1v) is 7.41. The van der Waals surface area contributed by atoms with Crippen molar-refractivity contribution < 1.29 is 14.3 Å². The van der Waals surface area contributed by atoms with Crippen LogP contribution in [-0.2, 0) is 4.79 Å². The number of rotatable bonds is 2. The van der Waals surface area contributed by atoms with Crippen molar-refractivity contribution in [3.8, 4) is 11.5 Å². The molecule has 0 unspecified atom stereocenters. The molecule has 1 aliphatic carbocycles. The van der Waals surface area contributed by atoms with Crippen LogP contribution in [0.15, 0.2) is 24.3 Å². The number of carbonyl (C=O) groups is 1. The minimum absolute atomic E-state index is 0.0564. The van der Waals surface area contributed by atoms with E-state index in [1.54, 1.807) is 0 Å². The van der Waals surface area contributed by atoms with Gasteiger partial charge in [-0.15, -0.1) is 0 Å². The SMILES string of the molecule is CC1CCC(NC(=O)[C@H]2COc3ccccc3O2)CC1. The maximum absolute atomic E-state index is 12.2. The van der Waals surface area contributed by atoms with Crippen LogP contribution in [0, 0.1) is 5.92 Å². The second-order valence-electron chi connectivity index (χ2n) is 5.83. The molecule has 3 rings (SSSR count). The lowest BCUT2D eigenvalue weighted by Gasteiger charge is -2.30. The molecule has 1 aromatic rings. The average Bonchev–Trinajstić information content (AvgIpc) is 2.49. The number of para-hydroxylation sites is 2. The Morgan fingerprint density at radius 3 is 2.60 bits per heavy atom. The summed E-state index contributed by atoms with van der Waals surface area (Å²) in [6.45, 7) is 2.55. The standard InChI is InChI=1S/C16H21NO3/c1-11-6-8-12(9-7-11)17-16(18)15-10-19-13-4-2-3-5-14(13)20-15/h2-5,11-12,15H,6-10H2,1H3,(H,17,18)/t11?,12?,15-/m1/s1. The van der Waals surface area contributed by atoms with Gasteiger partial charge in [0, 0.05) is 6.04 Å².